The Morgan fingerprint density at radius 3 is 2.55 bits per heavy atom. The third-order valence-corrected chi connectivity index (χ3v) is 3.64. The van der Waals surface area contributed by atoms with Crippen molar-refractivity contribution in [2.75, 3.05) is 0 Å². The fraction of sp³-hybridized carbons (Fsp3) is 0.222. The van der Waals surface area contributed by atoms with Crippen molar-refractivity contribution in [1.82, 2.24) is 5.32 Å². The van der Waals surface area contributed by atoms with Gasteiger partial charge in [0.05, 0.1) is 6.54 Å². The largest absolute Gasteiger partial charge is 0.460 e. The summed E-state index contributed by atoms with van der Waals surface area (Å²) in [5, 5.41) is 4.66. The summed E-state index contributed by atoms with van der Waals surface area (Å²) in [5.41, 5.74) is 3.54. The van der Waals surface area contributed by atoms with Gasteiger partial charge in [-0.05, 0) is 31.5 Å². The molecule has 1 aromatic heterocycles. The maximum Gasteiger partial charge on any atom is 0.134 e. The summed E-state index contributed by atoms with van der Waals surface area (Å²) >= 11 is 0. The van der Waals surface area contributed by atoms with E-state index < -0.39 is 0 Å². The number of fused-ring (bicyclic) bond motifs is 1. The fourth-order valence-electron chi connectivity index (χ4n) is 2.35. The van der Waals surface area contributed by atoms with Gasteiger partial charge in [-0.3, -0.25) is 0 Å². The number of furan rings is 1. The van der Waals surface area contributed by atoms with Crippen LogP contribution in [0.4, 0.5) is 0 Å². The van der Waals surface area contributed by atoms with Crippen molar-refractivity contribution >= 4 is 11.0 Å². The number of para-hydroxylation sites is 1. The summed E-state index contributed by atoms with van der Waals surface area (Å²) in [5.74, 6) is 0.977. The SMILES string of the molecule is Cc1ccc([C@H](C)NCc2cc3ccccc3o2)cc1. The van der Waals surface area contributed by atoms with Crippen LogP contribution in [0.2, 0.25) is 0 Å². The summed E-state index contributed by atoms with van der Waals surface area (Å²) in [4.78, 5) is 0. The molecule has 20 heavy (non-hydrogen) atoms. The molecule has 0 fully saturated rings. The molecule has 0 radical (unpaired) electrons. The lowest BCUT2D eigenvalue weighted by molar-refractivity contribution is 0.482. The molecule has 0 aliphatic rings. The van der Waals surface area contributed by atoms with Gasteiger partial charge in [0.1, 0.15) is 11.3 Å². The van der Waals surface area contributed by atoms with E-state index >= 15 is 0 Å². The molecule has 0 bridgehead atoms. The van der Waals surface area contributed by atoms with Crippen LogP contribution in [-0.2, 0) is 6.54 Å². The molecule has 3 rings (SSSR count). The lowest BCUT2D eigenvalue weighted by Crippen LogP contribution is -2.17. The molecular weight excluding hydrogens is 246 g/mol. The third kappa shape index (κ3) is 2.75. The predicted octanol–water partition coefficient (Wildman–Crippen LogP) is 4.59. The molecule has 0 saturated carbocycles. The quantitative estimate of drug-likeness (QED) is 0.746. The summed E-state index contributed by atoms with van der Waals surface area (Å²) < 4.78 is 5.81. The van der Waals surface area contributed by atoms with Crippen LogP contribution in [0.15, 0.2) is 59.0 Å². The molecule has 1 heterocycles. The summed E-state index contributed by atoms with van der Waals surface area (Å²) in [6.07, 6.45) is 0. The van der Waals surface area contributed by atoms with Crippen LogP contribution in [-0.4, -0.2) is 0 Å². The molecule has 0 saturated heterocycles. The first-order valence-corrected chi connectivity index (χ1v) is 7.00. The highest BCUT2D eigenvalue weighted by atomic mass is 16.3. The Hall–Kier alpha value is -2.06. The highest BCUT2D eigenvalue weighted by molar-refractivity contribution is 5.77. The topological polar surface area (TPSA) is 25.2 Å². The summed E-state index contributed by atoms with van der Waals surface area (Å²) in [6.45, 7) is 5.02. The zero-order valence-corrected chi connectivity index (χ0v) is 11.9. The molecule has 3 aromatic rings. The molecule has 0 amide bonds. The van der Waals surface area contributed by atoms with Gasteiger partial charge in [0.25, 0.3) is 0 Å². The van der Waals surface area contributed by atoms with Crippen molar-refractivity contribution in [3.05, 3.63) is 71.5 Å². The van der Waals surface area contributed by atoms with Crippen molar-refractivity contribution in [3.63, 3.8) is 0 Å². The van der Waals surface area contributed by atoms with E-state index in [2.05, 4.69) is 55.6 Å². The third-order valence-electron chi connectivity index (χ3n) is 3.64. The molecule has 0 spiro atoms. The second-order valence-electron chi connectivity index (χ2n) is 5.26. The van der Waals surface area contributed by atoms with E-state index in [0.29, 0.717) is 6.04 Å². The van der Waals surface area contributed by atoms with E-state index in [4.69, 9.17) is 4.42 Å². The van der Waals surface area contributed by atoms with Crippen molar-refractivity contribution in [3.8, 4) is 0 Å². The zero-order chi connectivity index (χ0) is 13.9. The number of hydrogen-bond donors (Lipinski definition) is 1. The fourth-order valence-corrected chi connectivity index (χ4v) is 2.35. The average Bonchev–Trinajstić information content (AvgIpc) is 2.88. The Labute approximate surface area is 119 Å². The molecule has 0 unspecified atom stereocenters. The summed E-state index contributed by atoms with van der Waals surface area (Å²) in [7, 11) is 0. The Morgan fingerprint density at radius 1 is 1.05 bits per heavy atom. The first-order chi connectivity index (χ1) is 9.72. The first kappa shape index (κ1) is 12.9. The average molecular weight is 265 g/mol. The minimum Gasteiger partial charge on any atom is -0.460 e. The molecular formula is C18H19NO. The van der Waals surface area contributed by atoms with E-state index in [1.54, 1.807) is 0 Å². The van der Waals surface area contributed by atoms with Gasteiger partial charge in [-0.2, -0.15) is 0 Å². The second kappa shape index (κ2) is 5.51. The van der Waals surface area contributed by atoms with Crippen LogP contribution in [0.25, 0.3) is 11.0 Å². The molecule has 1 N–H and O–H groups in total. The second-order valence-corrected chi connectivity index (χ2v) is 5.26. The Bertz CT molecular complexity index is 664. The van der Waals surface area contributed by atoms with Gasteiger partial charge in [0.2, 0.25) is 0 Å². The predicted molar refractivity (Wildman–Crippen MR) is 82.6 cm³/mol. The Morgan fingerprint density at radius 2 is 1.80 bits per heavy atom. The standard InChI is InChI=1S/C18H19NO/c1-13-7-9-15(10-8-13)14(2)19-12-17-11-16-5-3-4-6-18(16)20-17/h3-11,14,19H,12H2,1-2H3/t14-/m0/s1. The number of aryl methyl sites for hydroxylation is 1. The number of hydrogen-bond acceptors (Lipinski definition) is 2. The number of benzene rings is 2. The van der Waals surface area contributed by atoms with Crippen LogP contribution in [0.1, 0.15) is 29.9 Å². The summed E-state index contributed by atoms with van der Waals surface area (Å²) in [6, 6.07) is 19.2. The normalized spacial score (nSPS) is 12.7. The van der Waals surface area contributed by atoms with Gasteiger partial charge in [0.15, 0.2) is 0 Å². The molecule has 2 aromatic carbocycles. The van der Waals surface area contributed by atoms with Crippen molar-refractivity contribution in [1.29, 1.82) is 0 Å². The minimum atomic E-state index is 0.309. The smallest absolute Gasteiger partial charge is 0.134 e. The van der Waals surface area contributed by atoms with E-state index in [-0.39, 0.29) is 0 Å². The van der Waals surface area contributed by atoms with Crippen molar-refractivity contribution in [2.45, 2.75) is 26.4 Å². The minimum absolute atomic E-state index is 0.309. The molecule has 0 aliphatic heterocycles. The van der Waals surface area contributed by atoms with E-state index in [1.807, 2.05) is 18.2 Å². The van der Waals surface area contributed by atoms with Crippen LogP contribution >= 0.6 is 0 Å². The molecule has 1 atom stereocenters. The van der Waals surface area contributed by atoms with Gasteiger partial charge >= 0.3 is 0 Å². The van der Waals surface area contributed by atoms with Gasteiger partial charge in [-0.1, -0.05) is 48.0 Å². The van der Waals surface area contributed by atoms with Crippen LogP contribution in [0.3, 0.4) is 0 Å². The molecule has 0 aliphatic carbocycles. The van der Waals surface area contributed by atoms with Gasteiger partial charge < -0.3 is 9.73 Å². The maximum atomic E-state index is 5.81. The molecule has 2 heteroatoms. The highest BCUT2D eigenvalue weighted by Gasteiger charge is 2.07. The van der Waals surface area contributed by atoms with Gasteiger partial charge in [0, 0.05) is 11.4 Å². The van der Waals surface area contributed by atoms with Crippen LogP contribution in [0.5, 0.6) is 0 Å². The Balaban J connectivity index is 1.68. The number of rotatable bonds is 4. The highest BCUT2D eigenvalue weighted by Crippen LogP contribution is 2.20. The van der Waals surface area contributed by atoms with E-state index in [1.165, 1.54) is 11.1 Å². The monoisotopic (exact) mass is 265 g/mol. The zero-order valence-electron chi connectivity index (χ0n) is 11.9. The van der Waals surface area contributed by atoms with Gasteiger partial charge in [-0.15, -0.1) is 0 Å². The van der Waals surface area contributed by atoms with Crippen LogP contribution in [0, 0.1) is 6.92 Å². The van der Waals surface area contributed by atoms with Crippen molar-refractivity contribution in [2.24, 2.45) is 0 Å². The lowest BCUT2D eigenvalue weighted by Gasteiger charge is -2.13. The van der Waals surface area contributed by atoms with Crippen LogP contribution < -0.4 is 5.32 Å². The maximum absolute atomic E-state index is 5.81. The van der Waals surface area contributed by atoms with Gasteiger partial charge in [-0.25, -0.2) is 0 Å². The van der Waals surface area contributed by atoms with E-state index in [0.717, 1.165) is 23.3 Å². The molecule has 2 nitrogen and oxygen atoms in total. The Kier molecular flexibility index (Phi) is 3.57. The van der Waals surface area contributed by atoms with Crippen molar-refractivity contribution < 1.29 is 4.42 Å². The first-order valence-electron chi connectivity index (χ1n) is 7.00. The number of nitrogens with one attached hydrogen (secondary N) is 1. The van der Waals surface area contributed by atoms with E-state index in [9.17, 15) is 0 Å². The molecule has 102 valence electrons. The lowest BCUT2D eigenvalue weighted by atomic mass is 10.1.